The van der Waals surface area contributed by atoms with Gasteiger partial charge in [-0.3, -0.25) is 4.79 Å². The number of benzene rings is 1. The van der Waals surface area contributed by atoms with Crippen molar-refractivity contribution < 1.29 is 19.4 Å². The van der Waals surface area contributed by atoms with Crippen LogP contribution in [0, 0.1) is 0 Å². The van der Waals surface area contributed by atoms with E-state index in [1.165, 1.54) is 6.07 Å². The molecule has 6 heteroatoms. The Balaban J connectivity index is 2.74. The predicted octanol–water partition coefficient (Wildman–Crippen LogP) is 3.22. The minimum Gasteiger partial charge on any atom is -0.481 e. The van der Waals surface area contributed by atoms with Gasteiger partial charge >= 0.3 is 5.97 Å². The van der Waals surface area contributed by atoms with Crippen molar-refractivity contribution in [1.29, 1.82) is 0 Å². The molecule has 1 rings (SSSR count). The second kappa shape index (κ2) is 8.02. The monoisotopic (exact) mass is 357 g/mol. The molecule has 1 aromatic rings. The Morgan fingerprint density at radius 1 is 1.33 bits per heavy atom. The third kappa shape index (κ3) is 5.04. The van der Waals surface area contributed by atoms with E-state index < -0.39 is 12.1 Å². The maximum atomic E-state index is 12.0. The number of hydrogen-bond donors (Lipinski definition) is 2. The summed E-state index contributed by atoms with van der Waals surface area (Å²) in [7, 11) is 0. The van der Waals surface area contributed by atoms with Gasteiger partial charge in [-0.15, -0.1) is 0 Å². The van der Waals surface area contributed by atoms with E-state index in [2.05, 4.69) is 21.2 Å². The van der Waals surface area contributed by atoms with Gasteiger partial charge in [0.25, 0.3) is 5.91 Å². The molecule has 0 heterocycles. The van der Waals surface area contributed by atoms with E-state index in [4.69, 9.17) is 9.84 Å². The molecule has 0 aliphatic rings. The second-order valence-corrected chi connectivity index (χ2v) is 5.58. The zero-order valence-electron chi connectivity index (χ0n) is 12.4. The van der Waals surface area contributed by atoms with Crippen LogP contribution in [0.1, 0.15) is 44.0 Å². The number of nitrogens with one attached hydrogen (secondary N) is 1. The molecule has 21 heavy (non-hydrogen) atoms. The van der Waals surface area contributed by atoms with Crippen molar-refractivity contribution >= 4 is 27.8 Å². The zero-order chi connectivity index (χ0) is 16.0. The Morgan fingerprint density at radius 2 is 1.95 bits per heavy atom. The summed E-state index contributed by atoms with van der Waals surface area (Å²) in [5.74, 6) is -0.909. The Hall–Kier alpha value is -1.56. The average Bonchev–Trinajstić information content (AvgIpc) is 2.46. The van der Waals surface area contributed by atoms with E-state index >= 15 is 0 Å². The molecule has 1 aromatic carbocycles. The molecule has 116 valence electrons. The van der Waals surface area contributed by atoms with Crippen LogP contribution in [0.15, 0.2) is 22.7 Å². The van der Waals surface area contributed by atoms with Crippen LogP contribution in [0.2, 0.25) is 0 Å². The number of carboxylic acids is 1. The molecule has 0 aliphatic carbocycles. The van der Waals surface area contributed by atoms with E-state index in [-0.39, 0.29) is 17.5 Å². The van der Waals surface area contributed by atoms with Crippen LogP contribution in [0.3, 0.4) is 0 Å². The summed E-state index contributed by atoms with van der Waals surface area (Å²) in [6.07, 6.45) is 1.03. The fourth-order valence-electron chi connectivity index (χ4n) is 1.81. The molecule has 0 saturated carbocycles. The fraction of sp³-hybridized carbons (Fsp3) is 0.467. The summed E-state index contributed by atoms with van der Waals surface area (Å²) in [6, 6.07) is 4.73. The van der Waals surface area contributed by atoms with Crippen LogP contribution in [-0.2, 0) is 4.79 Å². The van der Waals surface area contributed by atoms with Crippen molar-refractivity contribution in [3.63, 3.8) is 0 Å². The first-order valence-electron chi connectivity index (χ1n) is 6.88. The van der Waals surface area contributed by atoms with Gasteiger partial charge in [0, 0.05) is 10.5 Å². The van der Waals surface area contributed by atoms with Gasteiger partial charge in [0.15, 0.2) is 6.10 Å². The van der Waals surface area contributed by atoms with Gasteiger partial charge in [0.05, 0.1) is 5.56 Å². The molecule has 0 bridgehead atoms. The third-order valence-corrected chi connectivity index (χ3v) is 3.87. The van der Waals surface area contributed by atoms with Gasteiger partial charge < -0.3 is 15.2 Å². The highest BCUT2D eigenvalue weighted by atomic mass is 79.9. The van der Waals surface area contributed by atoms with Crippen molar-refractivity contribution in [3.05, 3.63) is 28.2 Å². The molecule has 0 radical (unpaired) electrons. The number of ether oxygens (including phenoxy) is 1. The SMILES string of the molecule is CCC(CC)NC(=O)C(C)Oc1ccc(Br)c(C(=O)O)c1. The molecular formula is C15H20BrNO4. The highest BCUT2D eigenvalue weighted by Gasteiger charge is 2.18. The molecule has 0 aliphatic heterocycles. The third-order valence-electron chi connectivity index (χ3n) is 3.18. The van der Waals surface area contributed by atoms with Crippen molar-refractivity contribution in [3.8, 4) is 5.75 Å². The Bertz CT molecular complexity index is 514. The lowest BCUT2D eigenvalue weighted by Crippen LogP contribution is -2.42. The normalized spacial score (nSPS) is 12.0. The lowest BCUT2D eigenvalue weighted by molar-refractivity contribution is -0.128. The first kappa shape index (κ1) is 17.5. The van der Waals surface area contributed by atoms with Crippen molar-refractivity contribution in [1.82, 2.24) is 5.32 Å². The second-order valence-electron chi connectivity index (χ2n) is 4.73. The van der Waals surface area contributed by atoms with Gasteiger partial charge in [0.1, 0.15) is 5.75 Å². The number of carbonyl (C=O) groups is 2. The molecule has 1 atom stereocenters. The molecule has 2 N–H and O–H groups in total. The quantitative estimate of drug-likeness (QED) is 0.785. The van der Waals surface area contributed by atoms with Crippen LogP contribution in [0.5, 0.6) is 5.75 Å². The predicted molar refractivity (Wildman–Crippen MR) is 83.7 cm³/mol. The molecule has 1 amide bonds. The molecule has 0 spiro atoms. The number of rotatable bonds is 7. The van der Waals surface area contributed by atoms with E-state index in [1.807, 2.05) is 13.8 Å². The summed E-state index contributed by atoms with van der Waals surface area (Å²) >= 11 is 3.16. The van der Waals surface area contributed by atoms with Crippen LogP contribution in [0.4, 0.5) is 0 Å². The summed E-state index contributed by atoms with van der Waals surface area (Å²) in [5.41, 5.74) is 0.0973. The van der Waals surface area contributed by atoms with Crippen LogP contribution in [0.25, 0.3) is 0 Å². The van der Waals surface area contributed by atoms with Crippen LogP contribution in [-0.4, -0.2) is 29.1 Å². The molecule has 0 aromatic heterocycles. The summed E-state index contributed by atoms with van der Waals surface area (Å²) < 4.78 is 5.98. The summed E-state index contributed by atoms with van der Waals surface area (Å²) in [4.78, 5) is 23.1. The van der Waals surface area contributed by atoms with E-state index in [0.717, 1.165) is 12.8 Å². The average molecular weight is 358 g/mol. The number of hydrogen-bond acceptors (Lipinski definition) is 3. The fourth-order valence-corrected chi connectivity index (χ4v) is 2.23. The smallest absolute Gasteiger partial charge is 0.336 e. The molecule has 0 fully saturated rings. The van der Waals surface area contributed by atoms with Crippen molar-refractivity contribution in [2.24, 2.45) is 0 Å². The zero-order valence-corrected chi connectivity index (χ0v) is 13.9. The van der Waals surface area contributed by atoms with Crippen molar-refractivity contribution in [2.45, 2.75) is 45.8 Å². The van der Waals surface area contributed by atoms with Gasteiger partial charge in [-0.05, 0) is 53.9 Å². The summed E-state index contributed by atoms with van der Waals surface area (Å²) in [5, 5.41) is 11.9. The Labute approximate surface area is 132 Å². The minimum absolute atomic E-state index is 0.0973. The minimum atomic E-state index is -1.05. The van der Waals surface area contributed by atoms with Gasteiger partial charge in [-0.2, -0.15) is 0 Å². The number of carbonyl (C=O) groups excluding carboxylic acids is 1. The lowest BCUT2D eigenvalue weighted by atomic mass is 10.1. The van der Waals surface area contributed by atoms with E-state index in [9.17, 15) is 9.59 Å². The first-order chi connectivity index (χ1) is 9.88. The maximum Gasteiger partial charge on any atom is 0.336 e. The number of halogens is 1. The lowest BCUT2D eigenvalue weighted by Gasteiger charge is -2.19. The topological polar surface area (TPSA) is 75.6 Å². The maximum absolute atomic E-state index is 12.0. The van der Waals surface area contributed by atoms with Crippen LogP contribution < -0.4 is 10.1 Å². The first-order valence-corrected chi connectivity index (χ1v) is 7.68. The highest BCUT2D eigenvalue weighted by molar-refractivity contribution is 9.10. The number of aromatic carboxylic acids is 1. The largest absolute Gasteiger partial charge is 0.481 e. The van der Waals surface area contributed by atoms with Gasteiger partial charge in [-0.25, -0.2) is 4.79 Å². The van der Waals surface area contributed by atoms with Crippen LogP contribution >= 0.6 is 15.9 Å². The standard InChI is InChI=1S/C15H20BrNO4/c1-4-10(5-2)17-14(18)9(3)21-11-6-7-13(16)12(8-11)15(19)20/h6-10H,4-5H2,1-3H3,(H,17,18)(H,19,20). The molecule has 0 saturated heterocycles. The molecule has 1 unspecified atom stereocenters. The van der Waals surface area contributed by atoms with Gasteiger partial charge in [0.2, 0.25) is 0 Å². The molecular weight excluding hydrogens is 338 g/mol. The molecule has 5 nitrogen and oxygen atoms in total. The van der Waals surface area contributed by atoms with Gasteiger partial charge in [-0.1, -0.05) is 13.8 Å². The Kier molecular flexibility index (Phi) is 6.68. The van der Waals surface area contributed by atoms with E-state index in [1.54, 1.807) is 19.1 Å². The van der Waals surface area contributed by atoms with E-state index in [0.29, 0.717) is 10.2 Å². The number of amides is 1. The Morgan fingerprint density at radius 3 is 2.48 bits per heavy atom. The summed E-state index contributed by atoms with van der Waals surface area (Å²) in [6.45, 7) is 5.65. The number of carboxylic acid groups (broad SMARTS) is 1. The highest BCUT2D eigenvalue weighted by Crippen LogP contribution is 2.23. The van der Waals surface area contributed by atoms with Crippen molar-refractivity contribution in [2.75, 3.05) is 0 Å².